The lowest BCUT2D eigenvalue weighted by atomic mass is 10.8. The zero-order chi connectivity index (χ0) is 11.7. The fraction of sp³-hybridized carbons (Fsp3) is 0.333. The minimum absolute atomic E-state index is 0. The van der Waals surface area contributed by atoms with Crippen molar-refractivity contribution in [2.75, 3.05) is 0 Å². The van der Waals surface area contributed by atoms with Crippen LogP contribution in [0.2, 0.25) is 0 Å². The minimum Gasteiger partial charge on any atom is -0.303 e. The molecule has 0 spiro atoms. The number of rotatable bonds is 0. The lowest BCUT2D eigenvalue weighted by Crippen LogP contribution is -1.66. The van der Waals surface area contributed by atoms with Crippen molar-refractivity contribution >= 4 is 28.1 Å². The smallest absolute Gasteiger partial charge is 0.303 e. The summed E-state index contributed by atoms with van der Waals surface area (Å²) in [5.41, 5.74) is 0. The van der Waals surface area contributed by atoms with Crippen molar-refractivity contribution < 1.29 is 38.5 Å². The van der Waals surface area contributed by atoms with Gasteiger partial charge in [-0.3, -0.25) is 0 Å². The second-order valence-electron chi connectivity index (χ2n) is 1.43. The first-order valence-corrected chi connectivity index (χ1v) is 5.68. The summed E-state index contributed by atoms with van der Waals surface area (Å²) in [5.74, 6) is 0. The molecule has 0 unspecified atom stereocenters. The normalized spacial score (nSPS) is 9.36. The molecule has 8 nitrogen and oxygen atoms in total. The van der Waals surface area contributed by atoms with Crippen molar-refractivity contribution in [1.82, 2.24) is 0 Å². The molecule has 0 aromatic heterocycles. The number of halogens is 1. The van der Waals surface area contributed by atoms with Crippen LogP contribution in [0.1, 0.15) is 6.92 Å². The first-order chi connectivity index (χ1) is 5.41. The van der Waals surface area contributed by atoms with E-state index in [1.165, 1.54) is 0 Å². The van der Waals surface area contributed by atoms with E-state index in [1.807, 2.05) is 6.92 Å². The summed E-state index contributed by atoms with van der Waals surface area (Å²) < 4.78 is 17.8. The van der Waals surface area contributed by atoms with Crippen LogP contribution >= 0.6 is 28.1 Å². The van der Waals surface area contributed by atoms with Crippen LogP contribution in [0.15, 0.2) is 12.7 Å². The molecule has 0 saturated heterocycles. The van der Waals surface area contributed by atoms with E-state index in [9.17, 15) is 0 Å². The van der Waals surface area contributed by atoms with Crippen LogP contribution in [0.3, 0.4) is 0 Å². The van der Waals surface area contributed by atoms with Crippen LogP contribution < -0.4 is 0 Å². The van der Waals surface area contributed by atoms with Gasteiger partial charge in [0, 0.05) is 0 Å². The Balaban J connectivity index is -0.0000000535. The molecule has 0 aromatic carbocycles. The maximum atomic E-state index is 8.88. The molecule has 14 heavy (non-hydrogen) atoms. The molecule has 0 aromatic rings. The second-order valence-corrected chi connectivity index (χ2v) is 3.49. The standard InChI is InChI=1S/C3H6.ClH.2H3O4P/c1-3-2;;2*1-5(2,3)4/h3H,1H2,2H3;1H;2*(H3,1,2,3,4). The third-order valence-electron chi connectivity index (χ3n) is 0. The number of phosphoric acid groups is 2. The topological polar surface area (TPSA) is 156 Å². The SMILES string of the molecule is C=CC.Cl.O=P(O)(O)O.O=P(O)(O)O. The van der Waals surface area contributed by atoms with Gasteiger partial charge in [0.05, 0.1) is 0 Å². The highest BCUT2D eigenvalue weighted by molar-refractivity contribution is 7.45. The molecule has 0 bridgehead atoms. The molecule has 11 heteroatoms. The fourth-order valence-corrected chi connectivity index (χ4v) is 0. The van der Waals surface area contributed by atoms with Crippen LogP contribution in [-0.4, -0.2) is 29.4 Å². The van der Waals surface area contributed by atoms with Crippen LogP contribution in [0.25, 0.3) is 0 Å². The summed E-state index contributed by atoms with van der Waals surface area (Å²) in [7, 11) is -9.28. The Hall–Kier alpha value is 0.250. The summed E-state index contributed by atoms with van der Waals surface area (Å²) in [4.78, 5) is 43.1. The van der Waals surface area contributed by atoms with Gasteiger partial charge in [0.25, 0.3) is 0 Å². The Morgan fingerprint density at radius 1 is 0.929 bits per heavy atom. The van der Waals surface area contributed by atoms with Gasteiger partial charge < -0.3 is 29.4 Å². The number of hydrogen-bond donors (Lipinski definition) is 6. The fourth-order valence-electron chi connectivity index (χ4n) is 0. The van der Waals surface area contributed by atoms with E-state index in [2.05, 4.69) is 6.58 Å². The Labute approximate surface area is 86.8 Å². The maximum Gasteiger partial charge on any atom is 0.466 e. The molecule has 0 radical (unpaired) electrons. The Kier molecular flexibility index (Phi) is 19.3. The quantitative estimate of drug-likeness (QED) is 0.261. The molecule has 0 rings (SSSR count). The minimum atomic E-state index is -4.64. The van der Waals surface area contributed by atoms with Crippen LogP contribution in [0.5, 0.6) is 0 Å². The predicted molar refractivity (Wildman–Crippen MR) is 51.6 cm³/mol. The summed E-state index contributed by atoms with van der Waals surface area (Å²) in [6.07, 6.45) is 1.75. The highest BCUT2D eigenvalue weighted by atomic mass is 35.5. The van der Waals surface area contributed by atoms with E-state index in [-0.39, 0.29) is 12.4 Å². The molecule has 0 saturated carbocycles. The summed E-state index contributed by atoms with van der Waals surface area (Å²) in [5, 5.41) is 0. The monoisotopic (exact) mass is 274 g/mol. The lowest BCUT2D eigenvalue weighted by molar-refractivity contribution is 0.272. The van der Waals surface area contributed by atoms with Crippen LogP contribution in [-0.2, 0) is 9.13 Å². The zero-order valence-corrected chi connectivity index (χ0v) is 9.69. The number of hydrogen-bond acceptors (Lipinski definition) is 2. The molecular formula is C3H13ClO8P2. The Morgan fingerprint density at radius 2 is 0.929 bits per heavy atom. The van der Waals surface area contributed by atoms with Crippen molar-refractivity contribution in [3.05, 3.63) is 12.7 Å². The van der Waals surface area contributed by atoms with E-state index in [1.54, 1.807) is 6.08 Å². The molecule has 90 valence electrons. The van der Waals surface area contributed by atoms with Gasteiger partial charge >= 0.3 is 15.6 Å². The second kappa shape index (κ2) is 11.3. The molecule has 0 fully saturated rings. The first-order valence-electron chi connectivity index (χ1n) is 2.55. The maximum absolute atomic E-state index is 8.88. The average molecular weight is 275 g/mol. The van der Waals surface area contributed by atoms with Gasteiger partial charge in [-0.25, -0.2) is 9.13 Å². The highest BCUT2D eigenvalue weighted by Crippen LogP contribution is 2.26. The van der Waals surface area contributed by atoms with Crippen molar-refractivity contribution in [3.63, 3.8) is 0 Å². The average Bonchev–Trinajstić information content (AvgIpc) is 1.52. The molecule has 0 aliphatic rings. The molecular weight excluding hydrogens is 261 g/mol. The van der Waals surface area contributed by atoms with Gasteiger partial charge in [0.2, 0.25) is 0 Å². The van der Waals surface area contributed by atoms with E-state index < -0.39 is 15.6 Å². The highest BCUT2D eigenvalue weighted by Gasteiger charge is 2.00. The van der Waals surface area contributed by atoms with Crippen molar-refractivity contribution in [2.24, 2.45) is 0 Å². The largest absolute Gasteiger partial charge is 0.466 e. The van der Waals surface area contributed by atoms with Gasteiger partial charge in [-0.05, 0) is 6.92 Å². The van der Waals surface area contributed by atoms with Gasteiger partial charge in [-0.2, -0.15) is 0 Å². The summed E-state index contributed by atoms with van der Waals surface area (Å²) >= 11 is 0. The van der Waals surface area contributed by atoms with Gasteiger partial charge in [0.15, 0.2) is 0 Å². The van der Waals surface area contributed by atoms with Crippen molar-refractivity contribution in [2.45, 2.75) is 6.92 Å². The first kappa shape index (κ1) is 23.8. The predicted octanol–water partition coefficient (Wildman–Crippen LogP) is -0.243. The Morgan fingerprint density at radius 3 is 0.929 bits per heavy atom. The van der Waals surface area contributed by atoms with Gasteiger partial charge in [-0.15, -0.1) is 19.0 Å². The summed E-state index contributed by atoms with van der Waals surface area (Å²) in [6, 6.07) is 0. The van der Waals surface area contributed by atoms with Crippen molar-refractivity contribution in [3.8, 4) is 0 Å². The molecule has 0 aliphatic heterocycles. The van der Waals surface area contributed by atoms with Gasteiger partial charge in [0.1, 0.15) is 0 Å². The molecule has 0 aliphatic carbocycles. The van der Waals surface area contributed by atoms with E-state index >= 15 is 0 Å². The lowest BCUT2D eigenvalue weighted by Gasteiger charge is -1.82. The molecule has 0 atom stereocenters. The third kappa shape index (κ3) is 24800. The van der Waals surface area contributed by atoms with Crippen LogP contribution in [0.4, 0.5) is 0 Å². The van der Waals surface area contributed by atoms with E-state index in [4.69, 9.17) is 38.5 Å². The van der Waals surface area contributed by atoms with E-state index in [0.717, 1.165) is 0 Å². The number of allylic oxidation sites excluding steroid dienone is 1. The van der Waals surface area contributed by atoms with E-state index in [0.29, 0.717) is 0 Å². The van der Waals surface area contributed by atoms with Crippen molar-refractivity contribution in [1.29, 1.82) is 0 Å². The zero-order valence-electron chi connectivity index (χ0n) is 7.09. The Bertz CT molecular complexity index is 168. The molecule has 0 heterocycles. The summed E-state index contributed by atoms with van der Waals surface area (Å²) in [6.45, 7) is 5.25. The van der Waals surface area contributed by atoms with Gasteiger partial charge in [-0.1, -0.05) is 6.08 Å². The van der Waals surface area contributed by atoms with Crippen LogP contribution in [0, 0.1) is 0 Å². The molecule has 6 N–H and O–H groups in total. The third-order valence-corrected chi connectivity index (χ3v) is 0. The molecule has 0 amide bonds.